The summed E-state index contributed by atoms with van der Waals surface area (Å²) in [7, 11) is 0. The van der Waals surface area contributed by atoms with Crippen molar-refractivity contribution >= 4 is 17.3 Å². The Labute approximate surface area is 212 Å². The number of allylic oxidation sites excluding steroid dienone is 1. The van der Waals surface area contributed by atoms with Gasteiger partial charge in [0.15, 0.2) is 0 Å². The summed E-state index contributed by atoms with van der Waals surface area (Å²) in [6.07, 6.45) is 5.39. The molecule has 3 rings (SSSR count). The molecule has 5 heteroatoms. The van der Waals surface area contributed by atoms with E-state index in [1.54, 1.807) is 11.8 Å². The topological polar surface area (TPSA) is 46.9 Å². The molecule has 1 aliphatic heterocycles. The molecule has 1 fully saturated rings. The molecule has 190 valence electrons. The summed E-state index contributed by atoms with van der Waals surface area (Å²) in [5.41, 5.74) is 6.10. The molecule has 1 aromatic carbocycles. The molecule has 0 aromatic heterocycles. The number of fused-ring (bicyclic) bond motifs is 1. The molecule has 0 saturated carbocycles. The van der Waals surface area contributed by atoms with E-state index >= 15 is 0 Å². The molecule has 1 aromatic rings. The van der Waals surface area contributed by atoms with Crippen LogP contribution in [0, 0.1) is 0 Å². The van der Waals surface area contributed by atoms with Crippen LogP contribution < -0.4 is 0 Å². The molecule has 34 heavy (non-hydrogen) atoms. The van der Waals surface area contributed by atoms with Gasteiger partial charge in [0.25, 0.3) is 0 Å². The molecule has 0 unspecified atom stereocenters. The van der Waals surface area contributed by atoms with Crippen LogP contribution >= 0.6 is 11.8 Å². The third-order valence-corrected chi connectivity index (χ3v) is 9.01. The zero-order valence-corrected chi connectivity index (χ0v) is 22.9. The first-order chi connectivity index (χ1) is 16.1. The smallest absolute Gasteiger partial charge is 0.0676 e. The number of piperidine rings is 1. The standard InChI is InChI=1S/C29H46N2O2S/c1-22(24-8-9-26-27(20-24)29(5,6)13-12-28(26,3)4)21-34-23(2)30-15-10-25(11-16-30)31(17-19-33)14-7-18-32/h8-9,20-21,25,32-33H,2,7,10-19H2,1,3-6H3/b22-21+. The molecule has 0 radical (unpaired) electrons. The Balaban J connectivity index is 1.60. The van der Waals surface area contributed by atoms with Crippen molar-refractivity contribution in [1.82, 2.24) is 9.80 Å². The van der Waals surface area contributed by atoms with Crippen molar-refractivity contribution in [3.63, 3.8) is 0 Å². The summed E-state index contributed by atoms with van der Waals surface area (Å²) in [4.78, 5) is 4.74. The van der Waals surface area contributed by atoms with Gasteiger partial charge in [0.05, 0.1) is 11.6 Å². The van der Waals surface area contributed by atoms with Crippen LogP contribution in [0.5, 0.6) is 0 Å². The van der Waals surface area contributed by atoms with E-state index in [0.29, 0.717) is 12.6 Å². The van der Waals surface area contributed by atoms with Gasteiger partial charge in [-0.05, 0) is 77.5 Å². The highest BCUT2D eigenvalue weighted by molar-refractivity contribution is 8.05. The van der Waals surface area contributed by atoms with Crippen LogP contribution in [0.4, 0.5) is 0 Å². The fraction of sp³-hybridized carbons (Fsp3) is 0.655. The Morgan fingerprint density at radius 3 is 2.32 bits per heavy atom. The Hall–Kier alpha value is -1.27. The molecular weight excluding hydrogens is 440 g/mol. The Morgan fingerprint density at radius 2 is 1.71 bits per heavy atom. The molecule has 2 aliphatic rings. The molecule has 4 nitrogen and oxygen atoms in total. The molecule has 1 aliphatic carbocycles. The number of aliphatic hydroxyl groups excluding tert-OH is 2. The van der Waals surface area contributed by atoms with E-state index in [9.17, 15) is 10.2 Å². The maximum absolute atomic E-state index is 9.40. The number of hydrogen-bond donors (Lipinski definition) is 2. The van der Waals surface area contributed by atoms with Gasteiger partial charge in [-0.3, -0.25) is 4.90 Å². The highest BCUT2D eigenvalue weighted by Gasteiger charge is 2.37. The SMILES string of the molecule is C=C(S/C=C(\C)c1ccc2c(c1)C(C)(C)CCC2(C)C)N1CCC(N(CCO)CCCO)CC1. The summed E-state index contributed by atoms with van der Waals surface area (Å²) < 4.78 is 0. The van der Waals surface area contributed by atoms with Crippen LogP contribution in [0.15, 0.2) is 35.2 Å². The van der Waals surface area contributed by atoms with E-state index in [4.69, 9.17) is 0 Å². The lowest BCUT2D eigenvalue weighted by molar-refractivity contribution is 0.0977. The van der Waals surface area contributed by atoms with Crippen molar-refractivity contribution in [2.24, 2.45) is 0 Å². The lowest BCUT2D eigenvalue weighted by Crippen LogP contribution is -2.45. The highest BCUT2D eigenvalue weighted by atomic mass is 32.2. The fourth-order valence-corrected chi connectivity index (χ4v) is 6.27. The van der Waals surface area contributed by atoms with Crippen molar-refractivity contribution in [1.29, 1.82) is 0 Å². The second-order valence-corrected chi connectivity index (χ2v) is 12.3. The van der Waals surface area contributed by atoms with E-state index in [1.807, 2.05) is 0 Å². The largest absolute Gasteiger partial charge is 0.396 e. The first-order valence-electron chi connectivity index (χ1n) is 13.0. The normalized spacial score (nSPS) is 20.5. The first-order valence-corrected chi connectivity index (χ1v) is 13.9. The third kappa shape index (κ3) is 6.48. The van der Waals surface area contributed by atoms with Gasteiger partial charge in [-0.1, -0.05) is 64.2 Å². The van der Waals surface area contributed by atoms with E-state index < -0.39 is 0 Å². The van der Waals surface area contributed by atoms with Crippen molar-refractivity contribution in [2.45, 2.75) is 83.6 Å². The maximum Gasteiger partial charge on any atom is 0.0676 e. The fourth-order valence-electron chi connectivity index (χ4n) is 5.49. The minimum Gasteiger partial charge on any atom is -0.396 e. The minimum absolute atomic E-state index is 0.176. The van der Waals surface area contributed by atoms with Crippen LogP contribution in [0.2, 0.25) is 0 Å². The van der Waals surface area contributed by atoms with Gasteiger partial charge in [0, 0.05) is 38.8 Å². The number of hydrogen-bond acceptors (Lipinski definition) is 5. The number of nitrogens with zero attached hydrogens (tertiary/aromatic N) is 2. The lowest BCUT2D eigenvalue weighted by Gasteiger charge is -2.42. The second kappa shape index (κ2) is 11.6. The Kier molecular flexibility index (Phi) is 9.36. The monoisotopic (exact) mass is 486 g/mol. The quantitative estimate of drug-likeness (QED) is 0.441. The zero-order chi connectivity index (χ0) is 24.9. The van der Waals surface area contributed by atoms with Crippen LogP contribution in [0.1, 0.15) is 83.4 Å². The van der Waals surface area contributed by atoms with E-state index in [2.05, 4.69) is 74.6 Å². The highest BCUT2D eigenvalue weighted by Crippen LogP contribution is 2.46. The number of rotatable bonds is 10. The van der Waals surface area contributed by atoms with Gasteiger partial charge in [0.1, 0.15) is 0 Å². The second-order valence-electron chi connectivity index (χ2n) is 11.4. The van der Waals surface area contributed by atoms with E-state index in [-0.39, 0.29) is 24.0 Å². The van der Waals surface area contributed by atoms with Crippen molar-refractivity contribution in [2.75, 3.05) is 39.4 Å². The minimum atomic E-state index is 0.176. The summed E-state index contributed by atoms with van der Waals surface area (Å²) in [5.74, 6) is 0. The summed E-state index contributed by atoms with van der Waals surface area (Å²) in [5, 5.41) is 21.9. The predicted molar refractivity (Wildman–Crippen MR) is 147 cm³/mol. The van der Waals surface area contributed by atoms with Crippen LogP contribution in [0.3, 0.4) is 0 Å². The van der Waals surface area contributed by atoms with Crippen LogP contribution in [0.25, 0.3) is 5.57 Å². The van der Waals surface area contributed by atoms with E-state index in [1.165, 1.54) is 35.1 Å². The van der Waals surface area contributed by atoms with Gasteiger partial charge in [0.2, 0.25) is 0 Å². The lowest BCUT2D eigenvalue weighted by atomic mass is 9.63. The molecule has 2 N–H and O–H groups in total. The predicted octanol–water partition coefficient (Wildman–Crippen LogP) is 5.74. The Bertz CT molecular complexity index is 869. The number of likely N-dealkylation sites (tertiary alicyclic amines) is 1. The van der Waals surface area contributed by atoms with Crippen molar-refractivity contribution in [3.8, 4) is 0 Å². The van der Waals surface area contributed by atoms with Gasteiger partial charge in [-0.15, -0.1) is 0 Å². The molecule has 0 amide bonds. The zero-order valence-electron chi connectivity index (χ0n) is 22.1. The van der Waals surface area contributed by atoms with Gasteiger partial charge < -0.3 is 15.1 Å². The van der Waals surface area contributed by atoms with Gasteiger partial charge in [-0.25, -0.2) is 0 Å². The number of benzene rings is 1. The molecule has 0 atom stereocenters. The molecule has 1 saturated heterocycles. The number of thioether (sulfide) groups is 1. The molecule has 1 heterocycles. The summed E-state index contributed by atoms with van der Waals surface area (Å²) in [6, 6.07) is 7.57. The Morgan fingerprint density at radius 1 is 1.06 bits per heavy atom. The first kappa shape index (κ1) is 27.3. The van der Waals surface area contributed by atoms with Gasteiger partial charge in [-0.2, -0.15) is 0 Å². The van der Waals surface area contributed by atoms with Crippen molar-refractivity contribution in [3.05, 3.63) is 51.9 Å². The third-order valence-electron chi connectivity index (χ3n) is 8.00. The average Bonchev–Trinajstić information content (AvgIpc) is 2.83. The average molecular weight is 487 g/mol. The van der Waals surface area contributed by atoms with Crippen LogP contribution in [-0.4, -0.2) is 65.4 Å². The van der Waals surface area contributed by atoms with Gasteiger partial charge >= 0.3 is 0 Å². The maximum atomic E-state index is 9.40. The van der Waals surface area contributed by atoms with Crippen molar-refractivity contribution < 1.29 is 10.2 Å². The van der Waals surface area contributed by atoms with Crippen LogP contribution in [-0.2, 0) is 10.8 Å². The molecule has 0 spiro atoms. The molecule has 0 bridgehead atoms. The summed E-state index contributed by atoms with van der Waals surface area (Å²) in [6.45, 7) is 20.0. The molecular formula is C29H46N2O2S. The summed E-state index contributed by atoms with van der Waals surface area (Å²) >= 11 is 1.74. The number of aliphatic hydroxyl groups is 2. The van der Waals surface area contributed by atoms with E-state index in [0.717, 1.165) is 43.9 Å².